The van der Waals surface area contributed by atoms with Gasteiger partial charge >= 0.3 is 0 Å². The van der Waals surface area contributed by atoms with Gasteiger partial charge in [-0.05, 0) is 18.6 Å². The van der Waals surface area contributed by atoms with Crippen LogP contribution in [0.4, 0.5) is 0 Å². The van der Waals surface area contributed by atoms with Gasteiger partial charge in [-0.1, -0.05) is 42.0 Å². The molecule has 1 amide bonds. The maximum atomic E-state index is 12.6. The fraction of sp³-hybridized carbons (Fsp3) is 0.200. The van der Waals surface area contributed by atoms with Crippen molar-refractivity contribution in [1.82, 2.24) is 9.88 Å². The highest BCUT2D eigenvalue weighted by atomic mass is 35.5. The highest BCUT2D eigenvalue weighted by Gasteiger charge is 2.19. The van der Waals surface area contributed by atoms with Crippen molar-refractivity contribution in [3.63, 3.8) is 0 Å². The quantitative estimate of drug-likeness (QED) is 0.590. The Kier molecular flexibility index (Phi) is 3.22. The smallest absolute Gasteiger partial charge is 0.254 e. The molecule has 3 nitrogen and oxygen atoms in total. The molecule has 1 aliphatic rings. The van der Waals surface area contributed by atoms with Crippen LogP contribution in [0, 0.1) is 0 Å². The Morgan fingerprint density at radius 1 is 1.26 bits per heavy atom. The number of nitrogens with zero attached hydrogens (tertiary/aromatic N) is 2. The summed E-state index contributed by atoms with van der Waals surface area (Å²) in [5.74, 6) is 0.0184. The number of hydrogen-bond donors (Lipinski definition) is 0. The van der Waals surface area contributed by atoms with Crippen LogP contribution >= 0.6 is 11.6 Å². The van der Waals surface area contributed by atoms with Crippen LogP contribution in [0.15, 0.2) is 42.5 Å². The summed E-state index contributed by atoms with van der Waals surface area (Å²) in [6.07, 6.45) is 5.02. The van der Waals surface area contributed by atoms with E-state index in [4.69, 9.17) is 11.6 Å². The molecule has 0 atom stereocenters. The number of para-hydroxylation sites is 1. The number of pyridine rings is 1. The Morgan fingerprint density at radius 2 is 2.11 bits per heavy atom. The van der Waals surface area contributed by atoms with Gasteiger partial charge in [-0.3, -0.25) is 4.79 Å². The van der Waals surface area contributed by atoms with Crippen molar-refractivity contribution in [2.75, 3.05) is 13.1 Å². The predicted molar refractivity (Wildman–Crippen MR) is 76.4 cm³/mol. The minimum absolute atomic E-state index is 0.0184. The lowest BCUT2D eigenvalue weighted by atomic mass is 10.1. The maximum absolute atomic E-state index is 12.6. The topological polar surface area (TPSA) is 33.2 Å². The lowest BCUT2D eigenvalue weighted by Gasteiger charge is -2.24. The Balaban J connectivity index is 2.08. The van der Waals surface area contributed by atoms with Crippen LogP contribution < -0.4 is 0 Å². The number of amides is 1. The summed E-state index contributed by atoms with van der Waals surface area (Å²) in [6.45, 7) is 1.41. The van der Waals surface area contributed by atoms with E-state index in [0.717, 1.165) is 23.9 Å². The van der Waals surface area contributed by atoms with Crippen LogP contribution in [0.3, 0.4) is 0 Å². The second kappa shape index (κ2) is 5.02. The van der Waals surface area contributed by atoms with Crippen molar-refractivity contribution in [2.24, 2.45) is 0 Å². The fourth-order valence-electron chi connectivity index (χ4n) is 2.32. The third-order valence-corrected chi connectivity index (χ3v) is 3.45. The number of aromatic nitrogens is 1. The van der Waals surface area contributed by atoms with E-state index < -0.39 is 0 Å². The van der Waals surface area contributed by atoms with Gasteiger partial charge in [0, 0.05) is 18.5 Å². The van der Waals surface area contributed by atoms with Crippen molar-refractivity contribution in [2.45, 2.75) is 6.42 Å². The molecule has 0 fully saturated rings. The van der Waals surface area contributed by atoms with Crippen molar-refractivity contribution >= 4 is 28.4 Å². The number of halogens is 1. The number of fused-ring (bicyclic) bond motifs is 1. The molecule has 96 valence electrons. The molecular weight excluding hydrogens is 260 g/mol. The van der Waals surface area contributed by atoms with Gasteiger partial charge < -0.3 is 4.90 Å². The third kappa shape index (κ3) is 2.34. The first-order chi connectivity index (χ1) is 9.25. The summed E-state index contributed by atoms with van der Waals surface area (Å²) < 4.78 is 0. The van der Waals surface area contributed by atoms with Crippen LogP contribution in [0.2, 0.25) is 5.15 Å². The van der Waals surface area contributed by atoms with E-state index in [2.05, 4.69) is 11.1 Å². The molecule has 0 N–H and O–H groups in total. The average Bonchev–Trinajstić information content (AvgIpc) is 2.46. The van der Waals surface area contributed by atoms with Crippen molar-refractivity contribution < 1.29 is 4.79 Å². The van der Waals surface area contributed by atoms with Gasteiger partial charge in [0.25, 0.3) is 5.91 Å². The molecule has 0 saturated heterocycles. The normalized spacial score (nSPS) is 14.9. The maximum Gasteiger partial charge on any atom is 0.254 e. The molecule has 0 radical (unpaired) electrons. The van der Waals surface area contributed by atoms with E-state index >= 15 is 0 Å². The molecule has 0 aliphatic carbocycles. The van der Waals surface area contributed by atoms with E-state index in [1.807, 2.05) is 35.2 Å². The molecule has 0 unspecified atom stereocenters. The average molecular weight is 273 g/mol. The summed E-state index contributed by atoms with van der Waals surface area (Å²) in [4.78, 5) is 18.6. The number of hydrogen-bond acceptors (Lipinski definition) is 2. The molecular formula is C15H13ClN2O. The van der Waals surface area contributed by atoms with Crippen molar-refractivity contribution in [3.05, 3.63) is 53.2 Å². The van der Waals surface area contributed by atoms with Gasteiger partial charge in [-0.2, -0.15) is 0 Å². The standard InChI is InChI=1S/C15H13ClN2O/c16-14-10-12(11-6-2-3-7-13(11)17-14)15(19)18-8-4-1-5-9-18/h1-4,6-7,10H,5,8-9H2. The number of benzene rings is 1. The largest absolute Gasteiger partial charge is 0.335 e. The van der Waals surface area contributed by atoms with Crippen molar-refractivity contribution in [1.29, 1.82) is 0 Å². The zero-order valence-corrected chi connectivity index (χ0v) is 11.1. The lowest BCUT2D eigenvalue weighted by molar-refractivity contribution is 0.0773. The minimum Gasteiger partial charge on any atom is -0.335 e. The molecule has 0 bridgehead atoms. The summed E-state index contributed by atoms with van der Waals surface area (Å²) in [5, 5.41) is 1.21. The highest BCUT2D eigenvalue weighted by Crippen LogP contribution is 2.22. The second-order valence-electron chi connectivity index (χ2n) is 4.52. The van der Waals surface area contributed by atoms with Crippen LogP contribution in [0.5, 0.6) is 0 Å². The Bertz CT molecular complexity index is 666. The third-order valence-electron chi connectivity index (χ3n) is 3.26. The molecule has 0 saturated carbocycles. The molecule has 2 aromatic rings. The van der Waals surface area contributed by atoms with Crippen LogP contribution in [0.1, 0.15) is 16.8 Å². The predicted octanol–water partition coefficient (Wildman–Crippen LogP) is 3.29. The van der Waals surface area contributed by atoms with E-state index in [-0.39, 0.29) is 5.91 Å². The number of carbonyl (C=O) groups excluding carboxylic acids is 1. The first-order valence-electron chi connectivity index (χ1n) is 6.25. The molecule has 2 heterocycles. The molecule has 1 aromatic heterocycles. The van der Waals surface area contributed by atoms with E-state index in [1.54, 1.807) is 6.07 Å². The zero-order chi connectivity index (χ0) is 13.2. The van der Waals surface area contributed by atoms with Crippen LogP contribution in [-0.2, 0) is 0 Å². The SMILES string of the molecule is O=C(c1cc(Cl)nc2ccccc12)N1CC=CCC1. The molecule has 4 heteroatoms. The second-order valence-corrected chi connectivity index (χ2v) is 4.91. The van der Waals surface area contributed by atoms with Gasteiger partial charge in [-0.25, -0.2) is 4.98 Å². The first-order valence-corrected chi connectivity index (χ1v) is 6.63. The fourth-order valence-corrected chi connectivity index (χ4v) is 2.52. The minimum atomic E-state index is 0.0184. The molecule has 1 aliphatic heterocycles. The summed E-state index contributed by atoms with van der Waals surface area (Å²) in [5.41, 5.74) is 1.39. The van der Waals surface area contributed by atoms with Gasteiger partial charge in [0.15, 0.2) is 0 Å². The van der Waals surface area contributed by atoms with Crippen LogP contribution in [0.25, 0.3) is 10.9 Å². The summed E-state index contributed by atoms with van der Waals surface area (Å²) in [6, 6.07) is 9.23. The van der Waals surface area contributed by atoms with Gasteiger partial charge in [0.1, 0.15) is 5.15 Å². The summed E-state index contributed by atoms with van der Waals surface area (Å²) in [7, 11) is 0. The zero-order valence-electron chi connectivity index (χ0n) is 10.3. The molecule has 3 rings (SSSR count). The van der Waals surface area contributed by atoms with E-state index in [9.17, 15) is 4.79 Å². The Hall–Kier alpha value is -1.87. The van der Waals surface area contributed by atoms with Gasteiger partial charge in [-0.15, -0.1) is 0 Å². The molecule has 0 spiro atoms. The number of carbonyl (C=O) groups is 1. The lowest BCUT2D eigenvalue weighted by Crippen LogP contribution is -2.33. The molecule has 1 aromatic carbocycles. The van der Waals surface area contributed by atoms with Crippen LogP contribution in [-0.4, -0.2) is 28.9 Å². The first kappa shape index (κ1) is 12.2. The van der Waals surface area contributed by atoms with Gasteiger partial charge in [0.2, 0.25) is 0 Å². The monoisotopic (exact) mass is 272 g/mol. The number of rotatable bonds is 1. The van der Waals surface area contributed by atoms with Crippen molar-refractivity contribution in [3.8, 4) is 0 Å². The highest BCUT2D eigenvalue weighted by molar-refractivity contribution is 6.30. The Labute approximate surface area is 116 Å². The van der Waals surface area contributed by atoms with Gasteiger partial charge in [0.05, 0.1) is 11.1 Å². The molecule has 19 heavy (non-hydrogen) atoms. The van der Waals surface area contributed by atoms with E-state index in [0.29, 0.717) is 17.3 Å². The van der Waals surface area contributed by atoms with E-state index in [1.165, 1.54) is 0 Å². The summed E-state index contributed by atoms with van der Waals surface area (Å²) >= 11 is 6.01. The Morgan fingerprint density at radius 3 is 2.89 bits per heavy atom.